The number of hydrogen-bond donors (Lipinski definition) is 3. The maximum absolute atomic E-state index is 11.0. The summed E-state index contributed by atoms with van der Waals surface area (Å²) in [4.78, 5) is 10.1. The van der Waals surface area contributed by atoms with E-state index in [0.29, 0.717) is 19.0 Å². The van der Waals surface area contributed by atoms with Crippen molar-refractivity contribution in [2.24, 2.45) is 4.99 Å². The standard InChI is InChI=1S/C18H24N4OS.HI/c1-3-19-17(21-11-16-20-10-13(2)24-16)22-12-18(23)9-8-14-6-4-5-7-15(14)18;/h4-7,10,23H,3,8-9,11-12H2,1-2H3,(H2,19,21,22);1H. The minimum atomic E-state index is -0.829. The number of rotatable bonds is 5. The molecular weight excluding hydrogens is 447 g/mol. The average molecular weight is 472 g/mol. The van der Waals surface area contributed by atoms with E-state index in [0.717, 1.165) is 30.0 Å². The SMILES string of the molecule is CCNC(=NCc1ncc(C)s1)NCC1(O)CCc2ccccc21.I. The smallest absolute Gasteiger partial charge is 0.191 e. The molecule has 136 valence electrons. The molecule has 1 aliphatic carbocycles. The molecule has 5 nitrogen and oxygen atoms in total. The Kier molecular flexibility index (Phi) is 7.21. The fourth-order valence-electron chi connectivity index (χ4n) is 3.04. The summed E-state index contributed by atoms with van der Waals surface area (Å²) < 4.78 is 0. The number of guanidine groups is 1. The van der Waals surface area contributed by atoms with Gasteiger partial charge in [-0.05, 0) is 37.8 Å². The topological polar surface area (TPSA) is 69.5 Å². The van der Waals surface area contributed by atoms with Crippen LogP contribution in [0.4, 0.5) is 0 Å². The maximum atomic E-state index is 11.0. The molecule has 0 saturated heterocycles. The van der Waals surface area contributed by atoms with Gasteiger partial charge in [-0.15, -0.1) is 35.3 Å². The number of benzene rings is 1. The highest BCUT2D eigenvalue weighted by Gasteiger charge is 2.36. The lowest BCUT2D eigenvalue weighted by atomic mass is 9.96. The number of aryl methyl sites for hydroxylation is 2. The van der Waals surface area contributed by atoms with Crippen molar-refractivity contribution >= 4 is 41.3 Å². The Morgan fingerprint density at radius 3 is 2.88 bits per heavy atom. The summed E-state index contributed by atoms with van der Waals surface area (Å²) in [5, 5.41) is 18.5. The fraction of sp³-hybridized carbons (Fsp3) is 0.444. The van der Waals surface area contributed by atoms with Crippen molar-refractivity contribution in [1.82, 2.24) is 15.6 Å². The van der Waals surface area contributed by atoms with E-state index in [4.69, 9.17) is 0 Å². The predicted molar refractivity (Wildman–Crippen MR) is 114 cm³/mol. The number of aliphatic imine (C=N–C) groups is 1. The first-order chi connectivity index (χ1) is 11.6. The largest absolute Gasteiger partial charge is 0.383 e. The Hall–Kier alpha value is -1.19. The summed E-state index contributed by atoms with van der Waals surface area (Å²) in [6, 6.07) is 8.13. The van der Waals surface area contributed by atoms with Crippen LogP contribution < -0.4 is 10.6 Å². The minimum Gasteiger partial charge on any atom is -0.383 e. The molecule has 1 heterocycles. The van der Waals surface area contributed by atoms with Crippen molar-refractivity contribution in [3.05, 3.63) is 51.5 Å². The molecule has 0 fully saturated rings. The third-order valence-electron chi connectivity index (χ3n) is 4.26. The molecule has 0 amide bonds. The lowest BCUT2D eigenvalue weighted by molar-refractivity contribution is 0.0432. The molecule has 1 aliphatic rings. The third-order valence-corrected chi connectivity index (χ3v) is 5.16. The van der Waals surface area contributed by atoms with Gasteiger partial charge >= 0.3 is 0 Å². The molecule has 1 aromatic carbocycles. The van der Waals surface area contributed by atoms with E-state index in [-0.39, 0.29) is 24.0 Å². The van der Waals surface area contributed by atoms with Crippen molar-refractivity contribution < 1.29 is 5.11 Å². The van der Waals surface area contributed by atoms with Gasteiger partial charge in [0.05, 0.1) is 13.1 Å². The molecule has 1 unspecified atom stereocenters. The number of aliphatic hydroxyl groups is 1. The zero-order valence-corrected chi connectivity index (χ0v) is 17.7. The Labute approximate surface area is 170 Å². The van der Waals surface area contributed by atoms with Crippen molar-refractivity contribution in [1.29, 1.82) is 0 Å². The van der Waals surface area contributed by atoms with Gasteiger partial charge < -0.3 is 15.7 Å². The van der Waals surface area contributed by atoms with Crippen LogP contribution in [0.1, 0.15) is 34.4 Å². The lowest BCUT2D eigenvalue weighted by Crippen LogP contribution is -2.45. The molecular formula is C18H25IN4OS. The molecule has 0 aliphatic heterocycles. The van der Waals surface area contributed by atoms with Crippen LogP contribution in [-0.2, 0) is 18.6 Å². The number of nitrogens with zero attached hydrogens (tertiary/aromatic N) is 2. The zero-order chi connectivity index (χ0) is 17.0. The molecule has 2 aromatic rings. The number of nitrogens with one attached hydrogen (secondary N) is 2. The first-order valence-corrected chi connectivity index (χ1v) is 9.16. The van der Waals surface area contributed by atoms with E-state index in [9.17, 15) is 5.11 Å². The van der Waals surface area contributed by atoms with E-state index in [1.165, 1.54) is 10.4 Å². The second kappa shape index (κ2) is 8.95. The maximum Gasteiger partial charge on any atom is 0.191 e. The molecule has 0 spiro atoms. The Morgan fingerprint density at radius 2 is 2.16 bits per heavy atom. The monoisotopic (exact) mass is 472 g/mol. The van der Waals surface area contributed by atoms with Crippen molar-refractivity contribution in [3.8, 4) is 0 Å². The molecule has 0 saturated carbocycles. The number of aromatic nitrogens is 1. The van der Waals surface area contributed by atoms with Gasteiger partial charge in [-0.1, -0.05) is 24.3 Å². The fourth-order valence-corrected chi connectivity index (χ4v) is 3.76. The molecule has 1 aromatic heterocycles. The van der Waals surface area contributed by atoms with Crippen molar-refractivity contribution in [2.75, 3.05) is 13.1 Å². The molecule has 7 heteroatoms. The van der Waals surface area contributed by atoms with Gasteiger partial charge in [0.2, 0.25) is 0 Å². The minimum absolute atomic E-state index is 0. The van der Waals surface area contributed by atoms with Crippen molar-refractivity contribution in [3.63, 3.8) is 0 Å². The summed E-state index contributed by atoms with van der Waals surface area (Å²) >= 11 is 1.66. The Bertz CT molecular complexity index is 733. The molecule has 0 radical (unpaired) electrons. The average Bonchev–Trinajstić information content (AvgIpc) is 3.15. The highest BCUT2D eigenvalue weighted by Crippen LogP contribution is 2.36. The van der Waals surface area contributed by atoms with Gasteiger partial charge in [-0.2, -0.15) is 0 Å². The number of fused-ring (bicyclic) bond motifs is 1. The first kappa shape index (κ1) is 20.1. The highest BCUT2D eigenvalue weighted by atomic mass is 127. The van der Waals surface area contributed by atoms with Crippen LogP contribution in [-0.4, -0.2) is 29.1 Å². The van der Waals surface area contributed by atoms with E-state index >= 15 is 0 Å². The van der Waals surface area contributed by atoms with Crippen LogP contribution in [0.15, 0.2) is 35.5 Å². The summed E-state index contributed by atoms with van der Waals surface area (Å²) in [5.41, 5.74) is 1.44. The highest BCUT2D eigenvalue weighted by molar-refractivity contribution is 14.0. The zero-order valence-electron chi connectivity index (χ0n) is 14.6. The Balaban J connectivity index is 0.00000225. The van der Waals surface area contributed by atoms with Gasteiger partial charge in [0.1, 0.15) is 10.6 Å². The van der Waals surface area contributed by atoms with Crippen LogP contribution >= 0.6 is 35.3 Å². The quantitative estimate of drug-likeness (QED) is 0.356. The first-order valence-electron chi connectivity index (χ1n) is 8.35. The summed E-state index contributed by atoms with van der Waals surface area (Å²) in [5.74, 6) is 0.711. The summed E-state index contributed by atoms with van der Waals surface area (Å²) in [6.07, 6.45) is 3.53. The Morgan fingerprint density at radius 1 is 1.36 bits per heavy atom. The van der Waals surface area contributed by atoms with Gasteiger partial charge in [0.15, 0.2) is 5.96 Å². The molecule has 3 rings (SSSR count). The van der Waals surface area contributed by atoms with E-state index < -0.39 is 5.60 Å². The normalized spacial score (nSPS) is 19.2. The third kappa shape index (κ3) is 4.92. The van der Waals surface area contributed by atoms with Crippen LogP contribution in [0.3, 0.4) is 0 Å². The number of thiazole rings is 1. The van der Waals surface area contributed by atoms with E-state index in [1.54, 1.807) is 11.3 Å². The van der Waals surface area contributed by atoms with E-state index in [1.807, 2.05) is 38.2 Å². The van der Waals surface area contributed by atoms with Crippen LogP contribution in [0.5, 0.6) is 0 Å². The van der Waals surface area contributed by atoms with Gasteiger partial charge in [-0.25, -0.2) is 9.98 Å². The molecule has 0 bridgehead atoms. The van der Waals surface area contributed by atoms with Crippen molar-refractivity contribution in [2.45, 2.75) is 38.8 Å². The van der Waals surface area contributed by atoms with Crippen LogP contribution in [0.25, 0.3) is 0 Å². The molecule has 25 heavy (non-hydrogen) atoms. The molecule has 1 atom stereocenters. The predicted octanol–water partition coefficient (Wildman–Crippen LogP) is 2.96. The number of hydrogen-bond acceptors (Lipinski definition) is 4. The van der Waals surface area contributed by atoms with E-state index in [2.05, 4.69) is 26.7 Å². The van der Waals surface area contributed by atoms with Gasteiger partial charge in [0, 0.05) is 17.6 Å². The van der Waals surface area contributed by atoms with Crippen LogP contribution in [0.2, 0.25) is 0 Å². The number of halogens is 1. The lowest BCUT2D eigenvalue weighted by Gasteiger charge is -2.25. The van der Waals surface area contributed by atoms with Crippen LogP contribution in [0, 0.1) is 6.92 Å². The summed E-state index contributed by atoms with van der Waals surface area (Å²) in [7, 11) is 0. The summed E-state index contributed by atoms with van der Waals surface area (Å²) in [6.45, 7) is 5.85. The molecule has 3 N–H and O–H groups in total. The second-order valence-electron chi connectivity index (χ2n) is 6.10. The second-order valence-corrected chi connectivity index (χ2v) is 7.42. The van der Waals surface area contributed by atoms with Gasteiger partial charge in [0.25, 0.3) is 0 Å². The van der Waals surface area contributed by atoms with Gasteiger partial charge in [-0.3, -0.25) is 0 Å².